The van der Waals surface area contributed by atoms with Crippen molar-refractivity contribution >= 4 is 23.3 Å². The van der Waals surface area contributed by atoms with E-state index < -0.39 is 28.9 Å². The molecule has 9 nitrogen and oxygen atoms in total. The molecule has 0 aliphatic carbocycles. The number of anilines is 1. The maximum Gasteiger partial charge on any atom is 0.341 e. The summed E-state index contributed by atoms with van der Waals surface area (Å²) in [6.45, 7) is 6.08. The van der Waals surface area contributed by atoms with E-state index in [0.29, 0.717) is 5.69 Å². The van der Waals surface area contributed by atoms with Gasteiger partial charge in [-0.15, -0.1) is 0 Å². The van der Waals surface area contributed by atoms with Crippen molar-refractivity contribution in [1.29, 1.82) is 5.26 Å². The first-order valence-electron chi connectivity index (χ1n) is 9.10. The van der Waals surface area contributed by atoms with Crippen LogP contribution in [0.2, 0.25) is 0 Å². The van der Waals surface area contributed by atoms with Crippen LogP contribution < -0.4 is 10.2 Å². The minimum absolute atomic E-state index is 0.0517. The number of esters is 1. The fraction of sp³-hybridized carbons (Fsp3) is 0.526. The average Bonchev–Trinajstić information content (AvgIpc) is 3.19. The molecule has 2 rings (SSSR count). The molecule has 0 radical (unpaired) electrons. The number of nitrogens with one attached hydrogen (secondary N) is 1. The largest absolute Gasteiger partial charge is 0.452 e. The number of carbonyl (C=O) groups excluding carboxylic acids is 2. The number of ether oxygens (including phenoxy) is 1. The van der Waals surface area contributed by atoms with Gasteiger partial charge in [-0.3, -0.25) is 14.9 Å². The molecule has 1 atom stereocenters. The third-order valence-corrected chi connectivity index (χ3v) is 4.98. The van der Waals surface area contributed by atoms with Crippen LogP contribution in [0.4, 0.5) is 11.4 Å². The van der Waals surface area contributed by atoms with Crippen LogP contribution in [0.1, 0.15) is 44.0 Å². The summed E-state index contributed by atoms with van der Waals surface area (Å²) < 4.78 is 5.09. The molecule has 0 saturated carbocycles. The molecule has 1 N–H and O–H groups in total. The van der Waals surface area contributed by atoms with Gasteiger partial charge in [-0.1, -0.05) is 13.8 Å². The third-order valence-electron chi connectivity index (χ3n) is 4.98. The highest BCUT2D eigenvalue weighted by Gasteiger charge is 2.30. The van der Waals surface area contributed by atoms with Crippen molar-refractivity contribution in [3.8, 4) is 6.07 Å². The molecule has 1 aliphatic heterocycles. The summed E-state index contributed by atoms with van der Waals surface area (Å²) in [5, 5.41) is 22.9. The highest BCUT2D eigenvalue weighted by Crippen LogP contribution is 2.29. The predicted octanol–water partition coefficient (Wildman–Crippen LogP) is 2.41. The van der Waals surface area contributed by atoms with E-state index in [1.807, 2.05) is 11.0 Å². The molecule has 1 heterocycles. The summed E-state index contributed by atoms with van der Waals surface area (Å²) in [6.07, 6.45) is 1.94. The van der Waals surface area contributed by atoms with Crippen molar-refractivity contribution in [1.82, 2.24) is 5.32 Å². The molecule has 1 aromatic rings. The van der Waals surface area contributed by atoms with Crippen LogP contribution in [0.3, 0.4) is 0 Å². The van der Waals surface area contributed by atoms with Gasteiger partial charge in [0.25, 0.3) is 11.6 Å². The van der Waals surface area contributed by atoms with E-state index in [2.05, 4.69) is 5.32 Å². The molecular formula is C19H24N4O5. The lowest BCUT2D eigenvalue weighted by Crippen LogP contribution is -2.50. The van der Waals surface area contributed by atoms with E-state index in [-0.39, 0.29) is 17.2 Å². The molecular weight excluding hydrogens is 364 g/mol. The monoisotopic (exact) mass is 388 g/mol. The lowest BCUT2D eigenvalue weighted by Gasteiger charge is -2.27. The number of nitro groups is 1. The standard InChI is InChI=1S/C19H24N4O5/c1-13(2)19(3,12-20)21-17(24)11-28-18(25)15-10-14(23(26)27)6-7-16(15)22-8-4-5-9-22/h6-7,10,13H,4-5,8-9,11H2,1-3H3,(H,21,24)/t19-/m1/s1. The predicted molar refractivity (Wildman–Crippen MR) is 102 cm³/mol. The number of carbonyl (C=O) groups is 2. The molecule has 1 aliphatic rings. The molecule has 0 unspecified atom stereocenters. The minimum atomic E-state index is -1.09. The van der Waals surface area contributed by atoms with Crippen LogP contribution in [0, 0.1) is 27.4 Å². The van der Waals surface area contributed by atoms with Crippen LogP contribution in [-0.2, 0) is 9.53 Å². The zero-order valence-electron chi connectivity index (χ0n) is 16.2. The molecule has 1 amide bonds. The number of amides is 1. The average molecular weight is 388 g/mol. The molecule has 0 aromatic heterocycles. The summed E-state index contributed by atoms with van der Waals surface area (Å²) in [5.41, 5.74) is -0.708. The van der Waals surface area contributed by atoms with Gasteiger partial charge in [0.05, 0.1) is 22.2 Å². The van der Waals surface area contributed by atoms with Gasteiger partial charge in [0, 0.05) is 25.2 Å². The first kappa shape index (κ1) is 21.2. The summed E-state index contributed by atoms with van der Waals surface area (Å²) in [4.78, 5) is 37.1. The van der Waals surface area contributed by atoms with E-state index in [1.54, 1.807) is 20.8 Å². The zero-order valence-corrected chi connectivity index (χ0v) is 16.2. The van der Waals surface area contributed by atoms with Crippen LogP contribution in [0.25, 0.3) is 0 Å². The van der Waals surface area contributed by atoms with Gasteiger partial charge >= 0.3 is 5.97 Å². The van der Waals surface area contributed by atoms with E-state index >= 15 is 0 Å². The Morgan fingerprint density at radius 1 is 1.39 bits per heavy atom. The number of hydrogen-bond donors (Lipinski definition) is 1. The normalized spacial score (nSPS) is 15.6. The summed E-state index contributed by atoms with van der Waals surface area (Å²) >= 11 is 0. The number of benzene rings is 1. The second-order valence-electron chi connectivity index (χ2n) is 7.25. The van der Waals surface area contributed by atoms with Crippen molar-refractivity contribution in [2.45, 2.75) is 39.2 Å². The van der Waals surface area contributed by atoms with Gasteiger partial charge in [0.1, 0.15) is 5.54 Å². The first-order chi connectivity index (χ1) is 13.2. The van der Waals surface area contributed by atoms with Gasteiger partial charge in [-0.25, -0.2) is 4.79 Å². The van der Waals surface area contributed by atoms with E-state index in [9.17, 15) is 25.0 Å². The Bertz CT molecular complexity index is 811. The molecule has 150 valence electrons. The van der Waals surface area contributed by atoms with Gasteiger partial charge in [0.2, 0.25) is 0 Å². The maximum absolute atomic E-state index is 12.6. The SMILES string of the molecule is CC(C)[C@@](C)(C#N)NC(=O)COC(=O)c1cc([N+](=O)[O-])ccc1N1CCCC1. The Balaban J connectivity index is 2.14. The topological polar surface area (TPSA) is 126 Å². The van der Waals surface area contributed by atoms with Crippen LogP contribution in [0.15, 0.2) is 18.2 Å². The third kappa shape index (κ3) is 4.76. The molecule has 1 aromatic carbocycles. The Labute approximate surface area is 163 Å². The van der Waals surface area contributed by atoms with Crippen molar-refractivity contribution in [3.63, 3.8) is 0 Å². The quantitative estimate of drug-likeness (QED) is 0.432. The van der Waals surface area contributed by atoms with E-state index in [0.717, 1.165) is 25.9 Å². The fourth-order valence-corrected chi connectivity index (χ4v) is 2.87. The van der Waals surface area contributed by atoms with Gasteiger partial charge in [-0.05, 0) is 31.7 Å². The smallest absolute Gasteiger partial charge is 0.341 e. The Hall–Kier alpha value is -3.15. The fourth-order valence-electron chi connectivity index (χ4n) is 2.87. The van der Waals surface area contributed by atoms with Gasteiger partial charge in [0.15, 0.2) is 6.61 Å². The second kappa shape index (κ2) is 8.69. The number of nitriles is 1. The lowest BCUT2D eigenvalue weighted by atomic mass is 9.90. The highest BCUT2D eigenvalue weighted by molar-refractivity contribution is 5.98. The number of nitrogens with zero attached hydrogens (tertiary/aromatic N) is 3. The number of rotatable bonds is 7. The minimum Gasteiger partial charge on any atom is -0.452 e. The molecule has 1 fully saturated rings. The maximum atomic E-state index is 12.6. The van der Waals surface area contributed by atoms with E-state index in [4.69, 9.17) is 4.74 Å². The second-order valence-corrected chi connectivity index (χ2v) is 7.25. The summed E-state index contributed by atoms with van der Waals surface area (Å²) in [7, 11) is 0. The van der Waals surface area contributed by atoms with Crippen molar-refractivity contribution in [3.05, 3.63) is 33.9 Å². The van der Waals surface area contributed by atoms with Crippen molar-refractivity contribution in [2.75, 3.05) is 24.6 Å². The molecule has 9 heteroatoms. The highest BCUT2D eigenvalue weighted by atomic mass is 16.6. The van der Waals surface area contributed by atoms with Crippen molar-refractivity contribution < 1.29 is 19.2 Å². The van der Waals surface area contributed by atoms with Crippen molar-refractivity contribution in [2.24, 2.45) is 5.92 Å². The molecule has 1 saturated heterocycles. The Morgan fingerprint density at radius 3 is 2.57 bits per heavy atom. The van der Waals surface area contributed by atoms with Gasteiger partial charge in [-0.2, -0.15) is 5.26 Å². The van der Waals surface area contributed by atoms with E-state index in [1.165, 1.54) is 18.2 Å². The van der Waals surface area contributed by atoms with Crippen LogP contribution >= 0.6 is 0 Å². The zero-order chi connectivity index (χ0) is 20.9. The van der Waals surface area contributed by atoms with Gasteiger partial charge < -0.3 is 15.0 Å². The molecule has 0 bridgehead atoms. The summed E-state index contributed by atoms with van der Waals surface area (Å²) in [5.74, 6) is -1.57. The van der Waals surface area contributed by atoms with Crippen LogP contribution in [0.5, 0.6) is 0 Å². The first-order valence-corrected chi connectivity index (χ1v) is 9.10. The lowest BCUT2D eigenvalue weighted by molar-refractivity contribution is -0.384. The summed E-state index contributed by atoms with van der Waals surface area (Å²) in [6, 6.07) is 6.09. The Morgan fingerprint density at radius 2 is 2.04 bits per heavy atom. The molecule has 0 spiro atoms. The van der Waals surface area contributed by atoms with Crippen LogP contribution in [-0.4, -0.2) is 42.0 Å². The number of nitro benzene ring substituents is 1. The molecule has 28 heavy (non-hydrogen) atoms. The number of non-ortho nitro benzene ring substituents is 1. The number of hydrogen-bond acceptors (Lipinski definition) is 7. The Kier molecular flexibility index (Phi) is 6.57.